The summed E-state index contributed by atoms with van der Waals surface area (Å²) in [5.74, 6) is 0.477. The Labute approximate surface area is 140 Å². The molecule has 0 aliphatic carbocycles. The largest absolute Gasteiger partial charge is 0.444 e. The van der Waals surface area contributed by atoms with Gasteiger partial charge in [-0.1, -0.05) is 6.92 Å². The van der Waals surface area contributed by atoms with Gasteiger partial charge in [0.25, 0.3) is 0 Å². The normalized spacial score (nSPS) is 19.7. The summed E-state index contributed by atoms with van der Waals surface area (Å²) in [5.41, 5.74) is 5.41. The maximum absolute atomic E-state index is 11.5. The number of likely N-dealkylation sites (tertiary alicyclic amines) is 1. The number of nitrogens with zero attached hydrogens (tertiary/aromatic N) is 2. The molecule has 1 fully saturated rings. The molecule has 1 amide bonds. The first-order valence-corrected chi connectivity index (χ1v) is 8.56. The van der Waals surface area contributed by atoms with E-state index in [9.17, 15) is 4.79 Å². The maximum Gasteiger partial charge on any atom is 0.407 e. The van der Waals surface area contributed by atoms with Crippen LogP contribution in [0.5, 0.6) is 0 Å². The lowest BCUT2D eigenvalue weighted by molar-refractivity contribution is 0.0527. The van der Waals surface area contributed by atoms with Gasteiger partial charge in [0, 0.05) is 19.1 Å². The predicted octanol–water partition coefficient (Wildman–Crippen LogP) is 1.29. The highest BCUT2D eigenvalue weighted by atomic mass is 16.6. The van der Waals surface area contributed by atoms with Gasteiger partial charge in [0.1, 0.15) is 5.60 Å². The number of hydrogen-bond acceptors (Lipinski definition) is 4. The molecule has 0 aromatic rings. The highest BCUT2D eigenvalue weighted by Crippen LogP contribution is 2.16. The van der Waals surface area contributed by atoms with Crippen molar-refractivity contribution in [2.45, 2.75) is 58.6 Å². The second-order valence-electron chi connectivity index (χ2n) is 6.86. The second kappa shape index (κ2) is 9.60. The van der Waals surface area contributed by atoms with Gasteiger partial charge >= 0.3 is 6.09 Å². The molecule has 23 heavy (non-hydrogen) atoms. The van der Waals surface area contributed by atoms with E-state index in [1.165, 1.54) is 19.4 Å². The summed E-state index contributed by atoms with van der Waals surface area (Å²) in [5, 5.41) is 5.79. The third-order valence-corrected chi connectivity index (χ3v) is 3.71. The first-order valence-electron chi connectivity index (χ1n) is 8.56. The lowest BCUT2D eigenvalue weighted by Gasteiger charge is -2.21. The Hall–Kier alpha value is -1.50. The van der Waals surface area contributed by atoms with Gasteiger partial charge in [-0.2, -0.15) is 0 Å². The quantitative estimate of drug-likeness (QED) is 0.372. The van der Waals surface area contributed by atoms with Crippen molar-refractivity contribution in [2.75, 3.05) is 32.7 Å². The van der Waals surface area contributed by atoms with Crippen LogP contribution in [0, 0.1) is 0 Å². The monoisotopic (exact) mass is 327 g/mol. The molecule has 1 rings (SSSR count). The Morgan fingerprint density at radius 1 is 1.35 bits per heavy atom. The summed E-state index contributed by atoms with van der Waals surface area (Å²) < 4.78 is 5.16. The molecule has 1 aliphatic rings. The number of aliphatic imine (C=N–C) groups is 1. The Bertz CT molecular complexity index is 392. The second-order valence-corrected chi connectivity index (χ2v) is 6.86. The fraction of sp³-hybridized carbons (Fsp3) is 0.875. The van der Waals surface area contributed by atoms with E-state index in [0.29, 0.717) is 25.1 Å². The summed E-state index contributed by atoms with van der Waals surface area (Å²) >= 11 is 0. The van der Waals surface area contributed by atoms with Gasteiger partial charge in [-0.15, -0.1) is 0 Å². The number of ether oxygens (including phenoxy) is 1. The average Bonchev–Trinajstić information content (AvgIpc) is 2.90. The summed E-state index contributed by atoms with van der Waals surface area (Å²) in [7, 11) is 0. The number of carbonyl (C=O) groups is 1. The molecule has 0 aromatic heterocycles. The number of hydrogen-bond donors (Lipinski definition) is 3. The predicted molar refractivity (Wildman–Crippen MR) is 93.6 cm³/mol. The topological polar surface area (TPSA) is 92.0 Å². The van der Waals surface area contributed by atoms with E-state index < -0.39 is 5.60 Å². The molecule has 0 bridgehead atoms. The van der Waals surface area contributed by atoms with Crippen molar-refractivity contribution >= 4 is 12.1 Å². The smallest absolute Gasteiger partial charge is 0.407 e. The van der Waals surface area contributed by atoms with E-state index >= 15 is 0 Å². The van der Waals surface area contributed by atoms with Crippen molar-refractivity contribution in [2.24, 2.45) is 10.7 Å². The van der Waals surface area contributed by atoms with Crippen molar-refractivity contribution < 1.29 is 9.53 Å². The maximum atomic E-state index is 11.5. The first-order chi connectivity index (χ1) is 10.8. The number of guanidine groups is 1. The fourth-order valence-electron chi connectivity index (χ4n) is 2.59. The van der Waals surface area contributed by atoms with Gasteiger partial charge < -0.3 is 21.1 Å². The highest BCUT2D eigenvalue weighted by Gasteiger charge is 2.22. The van der Waals surface area contributed by atoms with Crippen molar-refractivity contribution in [3.05, 3.63) is 0 Å². The van der Waals surface area contributed by atoms with E-state index in [2.05, 4.69) is 27.4 Å². The van der Waals surface area contributed by atoms with Crippen LogP contribution in [0.1, 0.15) is 47.0 Å². The Kier molecular flexibility index (Phi) is 8.16. The number of carbonyl (C=O) groups excluding carboxylic acids is 1. The van der Waals surface area contributed by atoms with E-state index in [1.807, 2.05) is 20.8 Å². The van der Waals surface area contributed by atoms with Crippen molar-refractivity contribution in [1.82, 2.24) is 15.5 Å². The zero-order valence-corrected chi connectivity index (χ0v) is 15.0. The number of amides is 1. The summed E-state index contributed by atoms with van der Waals surface area (Å²) in [6.07, 6.45) is 2.82. The molecule has 7 heteroatoms. The summed E-state index contributed by atoms with van der Waals surface area (Å²) in [6, 6.07) is 0.522. The Morgan fingerprint density at radius 2 is 2.04 bits per heavy atom. The van der Waals surface area contributed by atoms with Gasteiger partial charge in [0.05, 0.1) is 6.54 Å². The number of alkyl carbamates (subject to hydrolysis) is 1. The first kappa shape index (κ1) is 19.5. The van der Waals surface area contributed by atoms with Crippen LogP contribution >= 0.6 is 0 Å². The molecule has 4 N–H and O–H groups in total. The molecule has 0 aromatic carbocycles. The number of rotatable bonds is 7. The molecule has 0 radical (unpaired) electrons. The minimum absolute atomic E-state index is 0.389. The molecule has 134 valence electrons. The molecule has 0 spiro atoms. The number of likely N-dealkylation sites (N-methyl/N-ethyl adjacent to an activating group) is 1. The molecule has 1 heterocycles. The minimum atomic E-state index is -0.466. The van der Waals surface area contributed by atoms with E-state index in [1.54, 1.807) is 0 Å². The Morgan fingerprint density at radius 3 is 2.70 bits per heavy atom. The van der Waals surface area contributed by atoms with Crippen LogP contribution in [-0.2, 0) is 4.74 Å². The average molecular weight is 327 g/mol. The van der Waals surface area contributed by atoms with Crippen LogP contribution in [0.3, 0.4) is 0 Å². The van der Waals surface area contributed by atoms with E-state index in [4.69, 9.17) is 10.5 Å². The van der Waals surface area contributed by atoms with Crippen molar-refractivity contribution in [1.29, 1.82) is 0 Å². The van der Waals surface area contributed by atoms with Crippen LogP contribution in [0.25, 0.3) is 0 Å². The SMILES string of the molecule is CCN1CCCC1CN=C(N)NCCCNC(=O)OC(C)(C)C. The van der Waals surface area contributed by atoms with Crippen molar-refractivity contribution in [3.8, 4) is 0 Å². The van der Waals surface area contributed by atoms with Crippen LogP contribution in [0.4, 0.5) is 4.79 Å². The van der Waals surface area contributed by atoms with Gasteiger partial charge in [-0.25, -0.2) is 4.79 Å². The summed E-state index contributed by atoms with van der Waals surface area (Å²) in [4.78, 5) is 18.3. The molecule has 1 aliphatic heterocycles. The third kappa shape index (κ3) is 8.64. The van der Waals surface area contributed by atoms with Crippen molar-refractivity contribution in [3.63, 3.8) is 0 Å². The van der Waals surface area contributed by atoms with Crippen LogP contribution in [0.2, 0.25) is 0 Å². The van der Waals surface area contributed by atoms with Crippen LogP contribution in [-0.4, -0.2) is 61.3 Å². The fourth-order valence-corrected chi connectivity index (χ4v) is 2.59. The Balaban J connectivity index is 2.10. The molecular formula is C16H33N5O2. The molecular weight excluding hydrogens is 294 g/mol. The van der Waals surface area contributed by atoms with E-state index in [-0.39, 0.29) is 6.09 Å². The van der Waals surface area contributed by atoms with E-state index in [0.717, 1.165) is 19.5 Å². The highest BCUT2D eigenvalue weighted by molar-refractivity contribution is 5.77. The lowest BCUT2D eigenvalue weighted by atomic mass is 10.2. The van der Waals surface area contributed by atoms with Gasteiger partial charge in [0.2, 0.25) is 0 Å². The minimum Gasteiger partial charge on any atom is -0.444 e. The van der Waals surface area contributed by atoms with Crippen LogP contribution in [0.15, 0.2) is 4.99 Å². The molecule has 0 saturated carbocycles. The van der Waals surface area contributed by atoms with Gasteiger partial charge in [0.15, 0.2) is 5.96 Å². The van der Waals surface area contributed by atoms with Crippen LogP contribution < -0.4 is 16.4 Å². The number of nitrogens with one attached hydrogen (secondary N) is 2. The zero-order chi connectivity index (χ0) is 17.3. The van der Waals surface area contributed by atoms with Gasteiger partial charge in [-0.3, -0.25) is 9.89 Å². The zero-order valence-electron chi connectivity index (χ0n) is 15.0. The third-order valence-electron chi connectivity index (χ3n) is 3.71. The molecule has 1 unspecified atom stereocenters. The molecule has 7 nitrogen and oxygen atoms in total. The molecule has 1 saturated heterocycles. The van der Waals surface area contributed by atoms with Gasteiger partial charge in [-0.05, 0) is 53.1 Å². The molecule has 1 atom stereocenters. The standard InChI is InChI=1S/C16H33N5O2/c1-5-21-11-6-8-13(21)12-20-14(17)18-9-7-10-19-15(22)23-16(2,3)4/h13H,5-12H2,1-4H3,(H,19,22)(H3,17,18,20). The number of nitrogens with two attached hydrogens (primary N) is 1. The lowest BCUT2D eigenvalue weighted by Crippen LogP contribution is -2.37. The summed E-state index contributed by atoms with van der Waals surface area (Å²) in [6.45, 7) is 11.9.